The van der Waals surface area contributed by atoms with Gasteiger partial charge in [0.25, 0.3) is 5.91 Å². The number of nitrogens with zero attached hydrogens (tertiary/aromatic N) is 1. The van der Waals surface area contributed by atoms with Crippen molar-refractivity contribution < 1.29 is 4.79 Å². The molecule has 4 nitrogen and oxygen atoms in total. The van der Waals surface area contributed by atoms with Crippen LogP contribution in [-0.4, -0.2) is 5.91 Å². The molecule has 0 saturated heterocycles. The largest absolute Gasteiger partial charge is 0.360 e. The van der Waals surface area contributed by atoms with Gasteiger partial charge in [-0.1, -0.05) is 52.5 Å². The van der Waals surface area contributed by atoms with Crippen LogP contribution in [0.5, 0.6) is 0 Å². The van der Waals surface area contributed by atoms with Crippen LogP contribution in [-0.2, 0) is 4.79 Å². The maximum absolute atomic E-state index is 12.2. The van der Waals surface area contributed by atoms with Gasteiger partial charge in [0.1, 0.15) is 11.6 Å². The number of nitrogens with one attached hydrogen (secondary N) is 2. The summed E-state index contributed by atoms with van der Waals surface area (Å²) in [6, 6.07) is 11.4. The molecule has 0 aliphatic rings. The fourth-order valence-electron chi connectivity index (χ4n) is 1.73. The molecule has 2 aromatic rings. The molecular weight excluding hydrogens is 392 g/mol. The highest BCUT2D eigenvalue weighted by Gasteiger charge is 2.12. The van der Waals surface area contributed by atoms with E-state index in [0.29, 0.717) is 26.4 Å². The Morgan fingerprint density at radius 2 is 1.75 bits per heavy atom. The normalized spacial score (nSPS) is 10.9. The van der Waals surface area contributed by atoms with E-state index in [1.165, 1.54) is 6.20 Å². The summed E-state index contributed by atoms with van der Waals surface area (Å²) < 4.78 is 0. The average molecular weight is 401 g/mol. The summed E-state index contributed by atoms with van der Waals surface area (Å²) in [6.45, 7) is 0. The van der Waals surface area contributed by atoms with E-state index in [9.17, 15) is 4.79 Å². The zero-order chi connectivity index (χ0) is 17.7. The number of rotatable bonds is 4. The Morgan fingerprint density at radius 1 is 1.08 bits per heavy atom. The lowest BCUT2D eigenvalue weighted by atomic mass is 10.2. The number of benzene rings is 2. The summed E-state index contributed by atoms with van der Waals surface area (Å²) in [4.78, 5) is 12.2. The Morgan fingerprint density at radius 3 is 2.38 bits per heavy atom. The van der Waals surface area contributed by atoms with Crippen LogP contribution in [0.4, 0.5) is 11.4 Å². The zero-order valence-electron chi connectivity index (χ0n) is 11.9. The van der Waals surface area contributed by atoms with Gasteiger partial charge in [-0.25, -0.2) is 0 Å². The summed E-state index contributed by atoms with van der Waals surface area (Å²) >= 11 is 23.6. The molecule has 1 amide bonds. The minimum atomic E-state index is -0.637. The predicted octanol–water partition coefficient (Wildman–Crippen LogP) is 5.76. The SMILES string of the molecule is N#C/C(=C/Nc1cc(Cl)cc(Cl)c1)C(=O)Nc1cccc(Cl)c1Cl. The van der Waals surface area contributed by atoms with Crippen molar-refractivity contribution in [2.75, 3.05) is 10.6 Å². The molecule has 0 spiro atoms. The lowest BCUT2D eigenvalue weighted by Crippen LogP contribution is -2.14. The number of amides is 1. The Labute approximate surface area is 158 Å². The molecule has 0 aliphatic heterocycles. The molecule has 2 aromatic carbocycles. The van der Waals surface area contributed by atoms with Crippen LogP contribution in [0.15, 0.2) is 48.2 Å². The number of nitriles is 1. The van der Waals surface area contributed by atoms with E-state index in [-0.39, 0.29) is 10.6 Å². The standard InChI is InChI=1S/C16H9Cl4N3O/c17-10-4-11(18)6-12(5-10)22-8-9(7-21)16(24)23-14-3-1-2-13(19)15(14)20/h1-6,8,22H,(H,23,24)/b9-8-. The second-order valence-corrected chi connectivity index (χ2v) is 6.19. The minimum Gasteiger partial charge on any atom is -0.360 e. The molecule has 0 unspecified atom stereocenters. The van der Waals surface area contributed by atoms with Gasteiger partial charge in [-0.2, -0.15) is 5.26 Å². The van der Waals surface area contributed by atoms with Crippen molar-refractivity contribution >= 4 is 63.7 Å². The Balaban J connectivity index is 2.16. The lowest BCUT2D eigenvalue weighted by molar-refractivity contribution is -0.112. The van der Waals surface area contributed by atoms with Gasteiger partial charge in [-0.05, 0) is 30.3 Å². The molecule has 122 valence electrons. The first kappa shape index (κ1) is 18.4. The molecule has 0 radical (unpaired) electrons. The molecular formula is C16H9Cl4N3O. The number of carbonyl (C=O) groups excluding carboxylic acids is 1. The third-order valence-electron chi connectivity index (χ3n) is 2.81. The van der Waals surface area contributed by atoms with E-state index in [1.807, 2.05) is 0 Å². The zero-order valence-corrected chi connectivity index (χ0v) is 14.9. The van der Waals surface area contributed by atoms with Crippen molar-refractivity contribution in [3.63, 3.8) is 0 Å². The molecule has 2 N–H and O–H groups in total. The van der Waals surface area contributed by atoms with Crippen LogP contribution >= 0.6 is 46.4 Å². The van der Waals surface area contributed by atoms with Crippen molar-refractivity contribution in [2.45, 2.75) is 0 Å². The number of anilines is 2. The fraction of sp³-hybridized carbons (Fsp3) is 0. The Kier molecular flexibility index (Phi) is 6.36. The number of hydrogen-bond acceptors (Lipinski definition) is 3. The minimum absolute atomic E-state index is 0.165. The molecule has 0 atom stereocenters. The summed E-state index contributed by atoms with van der Waals surface area (Å²) in [5.41, 5.74) is 0.678. The van der Waals surface area contributed by atoms with Gasteiger partial charge in [-0.3, -0.25) is 4.79 Å². The van der Waals surface area contributed by atoms with Crippen molar-refractivity contribution in [1.29, 1.82) is 5.26 Å². The van der Waals surface area contributed by atoms with E-state index in [4.69, 9.17) is 51.7 Å². The van der Waals surface area contributed by atoms with Crippen LogP contribution in [0.1, 0.15) is 0 Å². The molecule has 0 aliphatic carbocycles. The molecule has 0 heterocycles. The average Bonchev–Trinajstić information content (AvgIpc) is 2.51. The summed E-state index contributed by atoms with van der Waals surface area (Å²) in [5.74, 6) is -0.637. The predicted molar refractivity (Wildman–Crippen MR) is 98.9 cm³/mol. The highest BCUT2D eigenvalue weighted by Crippen LogP contribution is 2.29. The Hall–Kier alpha value is -1.90. The highest BCUT2D eigenvalue weighted by atomic mass is 35.5. The molecule has 0 aromatic heterocycles. The summed E-state index contributed by atoms with van der Waals surface area (Å²) in [7, 11) is 0. The number of carbonyl (C=O) groups is 1. The van der Waals surface area contributed by atoms with E-state index in [2.05, 4.69) is 10.6 Å². The summed E-state index contributed by atoms with van der Waals surface area (Å²) in [6.07, 6.45) is 1.25. The maximum Gasteiger partial charge on any atom is 0.267 e. The van der Waals surface area contributed by atoms with Gasteiger partial charge in [0.15, 0.2) is 0 Å². The second kappa shape index (κ2) is 8.27. The first-order chi connectivity index (χ1) is 11.4. The molecule has 0 fully saturated rings. The molecule has 0 bridgehead atoms. The van der Waals surface area contributed by atoms with Crippen LogP contribution in [0.25, 0.3) is 0 Å². The quantitative estimate of drug-likeness (QED) is 0.506. The van der Waals surface area contributed by atoms with Gasteiger partial charge in [0.2, 0.25) is 0 Å². The van der Waals surface area contributed by atoms with E-state index in [0.717, 1.165) is 0 Å². The first-order valence-corrected chi connectivity index (χ1v) is 8.00. The van der Waals surface area contributed by atoms with Crippen LogP contribution in [0.2, 0.25) is 20.1 Å². The van der Waals surface area contributed by atoms with Gasteiger partial charge in [-0.15, -0.1) is 0 Å². The van der Waals surface area contributed by atoms with Crippen molar-refractivity contribution in [3.05, 3.63) is 68.3 Å². The monoisotopic (exact) mass is 399 g/mol. The van der Waals surface area contributed by atoms with Crippen LogP contribution in [0.3, 0.4) is 0 Å². The molecule has 8 heteroatoms. The van der Waals surface area contributed by atoms with Crippen LogP contribution < -0.4 is 10.6 Å². The van der Waals surface area contributed by atoms with Gasteiger partial charge < -0.3 is 10.6 Å². The number of hydrogen-bond donors (Lipinski definition) is 2. The van der Waals surface area contributed by atoms with E-state index < -0.39 is 5.91 Å². The summed E-state index contributed by atoms with van der Waals surface area (Å²) in [5, 5.41) is 15.8. The van der Waals surface area contributed by atoms with Gasteiger partial charge in [0.05, 0.1) is 15.7 Å². The third-order valence-corrected chi connectivity index (χ3v) is 4.07. The van der Waals surface area contributed by atoms with E-state index in [1.54, 1.807) is 42.5 Å². The molecule has 0 saturated carbocycles. The van der Waals surface area contributed by atoms with Crippen molar-refractivity contribution in [3.8, 4) is 6.07 Å². The smallest absolute Gasteiger partial charge is 0.267 e. The van der Waals surface area contributed by atoms with E-state index >= 15 is 0 Å². The maximum atomic E-state index is 12.2. The topological polar surface area (TPSA) is 64.9 Å². The number of halogens is 4. The second-order valence-electron chi connectivity index (χ2n) is 4.53. The highest BCUT2D eigenvalue weighted by molar-refractivity contribution is 6.44. The fourth-order valence-corrected chi connectivity index (χ4v) is 2.61. The Bertz CT molecular complexity index is 839. The van der Waals surface area contributed by atoms with Gasteiger partial charge in [0, 0.05) is 21.9 Å². The third kappa shape index (κ3) is 4.80. The molecule has 24 heavy (non-hydrogen) atoms. The van der Waals surface area contributed by atoms with Gasteiger partial charge >= 0.3 is 0 Å². The first-order valence-electron chi connectivity index (χ1n) is 6.49. The molecule has 2 rings (SSSR count). The lowest BCUT2D eigenvalue weighted by Gasteiger charge is -2.08. The van der Waals surface area contributed by atoms with Crippen LogP contribution in [0, 0.1) is 11.3 Å². The van der Waals surface area contributed by atoms with Crippen molar-refractivity contribution in [1.82, 2.24) is 0 Å². The van der Waals surface area contributed by atoms with Crippen molar-refractivity contribution in [2.24, 2.45) is 0 Å².